The van der Waals surface area contributed by atoms with E-state index in [0.717, 1.165) is 19.3 Å². The summed E-state index contributed by atoms with van der Waals surface area (Å²) in [5, 5.41) is 17.4. The quantitative estimate of drug-likeness (QED) is 0.245. The Bertz CT molecular complexity index is 287. The van der Waals surface area contributed by atoms with Gasteiger partial charge in [0.2, 0.25) is 0 Å². The van der Waals surface area contributed by atoms with Crippen LogP contribution in [0.1, 0.15) is 103 Å². The average molecular weight is 327 g/mol. The zero-order chi connectivity index (χ0) is 17.2. The second-order valence-corrected chi connectivity index (χ2v) is 6.69. The lowest BCUT2D eigenvalue weighted by molar-refractivity contribution is -0.132. The van der Waals surface area contributed by atoms with E-state index >= 15 is 0 Å². The molecule has 0 aliphatic heterocycles. The predicted octanol–water partition coefficient (Wildman–Crippen LogP) is 5.86. The molecule has 0 amide bonds. The molecule has 3 nitrogen and oxygen atoms in total. The van der Waals surface area contributed by atoms with Crippen LogP contribution in [0.5, 0.6) is 0 Å². The number of aliphatic hydroxyl groups excluding tert-OH is 1. The van der Waals surface area contributed by atoms with E-state index in [2.05, 4.69) is 6.58 Å². The van der Waals surface area contributed by atoms with Crippen molar-refractivity contribution in [2.24, 2.45) is 0 Å². The van der Waals surface area contributed by atoms with Gasteiger partial charge in [0.1, 0.15) is 0 Å². The van der Waals surface area contributed by atoms with E-state index in [-0.39, 0.29) is 0 Å². The summed E-state index contributed by atoms with van der Waals surface area (Å²) in [6.07, 6.45) is 19.5. The molecule has 0 heterocycles. The van der Waals surface area contributed by atoms with E-state index in [0.29, 0.717) is 18.6 Å². The van der Waals surface area contributed by atoms with Crippen LogP contribution in [0.4, 0.5) is 0 Å². The number of carbonyl (C=O) groups is 1. The van der Waals surface area contributed by atoms with Crippen LogP contribution in [0.15, 0.2) is 12.2 Å². The van der Waals surface area contributed by atoms with Crippen molar-refractivity contribution in [3.63, 3.8) is 0 Å². The summed E-state index contributed by atoms with van der Waals surface area (Å²) in [6.45, 7) is 3.90. The molecule has 0 unspecified atom stereocenters. The fourth-order valence-electron chi connectivity index (χ4n) is 2.86. The molecule has 0 atom stereocenters. The molecule has 0 aromatic rings. The molecule has 136 valence electrons. The van der Waals surface area contributed by atoms with Gasteiger partial charge in [-0.1, -0.05) is 90.0 Å². The highest BCUT2D eigenvalue weighted by Crippen LogP contribution is 2.14. The third-order valence-electron chi connectivity index (χ3n) is 4.44. The molecule has 0 aliphatic carbocycles. The van der Waals surface area contributed by atoms with E-state index in [1.54, 1.807) is 0 Å². The van der Waals surface area contributed by atoms with E-state index in [9.17, 15) is 4.79 Å². The highest BCUT2D eigenvalue weighted by atomic mass is 16.4. The number of aliphatic carboxylic acids is 1. The van der Waals surface area contributed by atoms with Gasteiger partial charge in [0.05, 0.1) is 0 Å². The number of hydrogen-bond acceptors (Lipinski definition) is 2. The molecular weight excluding hydrogens is 288 g/mol. The van der Waals surface area contributed by atoms with Crippen molar-refractivity contribution in [3.05, 3.63) is 12.2 Å². The minimum Gasteiger partial charge on any atom is -0.478 e. The fraction of sp³-hybridized carbons (Fsp3) is 0.850. The van der Waals surface area contributed by atoms with Crippen molar-refractivity contribution in [1.82, 2.24) is 0 Å². The normalized spacial score (nSPS) is 10.8. The number of aliphatic hydroxyl groups is 1. The van der Waals surface area contributed by atoms with Gasteiger partial charge in [-0.3, -0.25) is 0 Å². The molecule has 0 bridgehead atoms. The zero-order valence-electron chi connectivity index (χ0n) is 15.0. The van der Waals surface area contributed by atoms with Crippen molar-refractivity contribution >= 4 is 5.97 Å². The van der Waals surface area contributed by atoms with Crippen molar-refractivity contribution in [2.45, 2.75) is 103 Å². The Hall–Kier alpha value is -0.830. The Balaban J connectivity index is 3.05. The maximum atomic E-state index is 10.6. The van der Waals surface area contributed by atoms with Crippen LogP contribution in [0.25, 0.3) is 0 Å². The summed E-state index contributed by atoms with van der Waals surface area (Å²) in [4.78, 5) is 10.6. The van der Waals surface area contributed by atoms with Gasteiger partial charge in [0.15, 0.2) is 0 Å². The van der Waals surface area contributed by atoms with Gasteiger partial charge in [-0.15, -0.1) is 0 Å². The fourth-order valence-corrected chi connectivity index (χ4v) is 2.86. The van der Waals surface area contributed by atoms with E-state index in [1.807, 2.05) is 0 Å². The van der Waals surface area contributed by atoms with Gasteiger partial charge in [0, 0.05) is 12.2 Å². The Morgan fingerprint density at radius 1 is 0.609 bits per heavy atom. The number of rotatable bonds is 18. The highest BCUT2D eigenvalue weighted by molar-refractivity contribution is 5.85. The maximum Gasteiger partial charge on any atom is 0.330 e. The molecule has 0 aromatic heterocycles. The van der Waals surface area contributed by atoms with Crippen LogP contribution in [0, 0.1) is 0 Å². The number of carboxylic acids is 1. The van der Waals surface area contributed by atoms with Crippen LogP contribution >= 0.6 is 0 Å². The van der Waals surface area contributed by atoms with E-state index < -0.39 is 5.97 Å². The van der Waals surface area contributed by atoms with Gasteiger partial charge in [-0.25, -0.2) is 4.79 Å². The first-order valence-electron chi connectivity index (χ1n) is 9.70. The highest BCUT2D eigenvalue weighted by Gasteiger charge is 2.02. The smallest absolute Gasteiger partial charge is 0.330 e. The molecule has 0 spiro atoms. The molecule has 0 fully saturated rings. The van der Waals surface area contributed by atoms with Crippen molar-refractivity contribution < 1.29 is 15.0 Å². The van der Waals surface area contributed by atoms with Gasteiger partial charge in [-0.05, 0) is 19.3 Å². The predicted molar refractivity (Wildman–Crippen MR) is 97.7 cm³/mol. The van der Waals surface area contributed by atoms with Crippen molar-refractivity contribution in [1.29, 1.82) is 0 Å². The maximum absolute atomic E-state index is 10.6. The first-order valence-corrected chi connectivity index (χ1v) is 9.70. The molecule has 23 heavy (non-hydrogen) atoms. The van der Waals surface area contributed by atoms with Gasteiger partial charge in [0.25, 0.3) is 0 Å². The Morgan fingerprint density at radius 3 is 1.22 bits per heavy atom. The van der Waals surface area contributed by atoms with Crippen LogP contribution in [-0.2, 0) is 4.79 Å². The summed E-state index contributed by atoms with van der Waals surface area (Å²) < 4.78 is 0. The topological polar surface area (TPSA) is 57.5 Å². The van der Waals surface area contributed by atoms with Crippen LogP contribution < -0.4 is 0 Å². The van der Waals surface area contributed by atoms with Crippen LogP contribution in [0.2, 0.25) is 0 Å². The first kappa shape index (κ1) is 22.2. The van der Waals surface area contributed by atoms with E-state index in [4.69, 9.17) is 10.2 Å². The van der Waals surface area contributed by atoms with Crippen molar-refractivity contribution in [2.75, 3.05) is 6.61 Å². The van der Waals surface area contributed by atoms with Crippen molar-refractivity contribution in [3.8, 4) is 0 Å². The molecule has 0 rings (SSSR count). The standard InChI is InChI=1S/C20H38O3/c1-19(20(22)23)17-15-13-11-9-7-5-3-2-4-6-8-10-12-14-16-18-21/h21H,1-18H2,(H,22,23). The van der Waals surface area contributed by atoms with Crippen LogP contribution in [0.3, 0.4) is 0 Å². The largest absolute Gasteiger partial charge is 0.478 e. The SMILES string of the molecule is C=C(CCCCCCCCCCCCCCCCCO)C(=O)O. The number of hydrogen-bond donors (Lipinski definition) is 2. The summed E-state index contributed by atoms with van der Waals surface area (Å²) in [5.74, 6) is -0.852. The molecule has 2 N–H and O–H groups in total. The zero-order valence-corrected chi connectivity index (χ0v) is 15.0. The Labute approximate surface area is 143 Å². The first-order chi connectivity index (χ1) is 11.2. The molecular formula is C20H38O3. The summed E-state index contributed by atoms with van der Waals surface area (Å²) in [7, 11) is 0. The Morgan fingerprint density at radius 2 is 0.913 bits per heavy atom. The molecule has 0 aromatic carbocycles. The van der Waals surface area contributed by atoms with Gasteiger partial charge >= 0.3 is 5.97 Å². The molecule has 0 radical (unpaired) electrons. The summed E-state index contributed by atoms with van der Waals surface area (Å²) >= 11 is 0. The molecule has 3 heteroatoms. The lowest BCUT2D eigenvalue weighted by Gasteiger charge is -2.03. The number of carboxylic acid groups (broad SMARTS) is 1. The Kier molecular flexibility index (Phi) is 16.9. The van der Waals surface area contributed by atoms with Gasteiger partial charge < -0.3 is 10.2 Å². The minimum atomic E-state index is -0.852. The lowest BCUT2D eigenvalue weighted by Crippen LogP contribution is -1.98. The minimum absolute atomic E-state index is 0.345. The van der Waals surface area contributed by atoms with Crippen LogP contribution in [-0.4, -0.2) is 22.8 Å². The molecule has 0 saturated carbocycles. The second-order valence-electron chi connectivity index (χ2n) is 6.69. The van der Waals surface area contributed by atoms with E-state index in [1.165, 1.54) is 77.0 Å². The summed E-state index contributed by atoms with van der Waals surface area (Å²) in [6, 6.07) is 0. The second kappa shape index (κ2) is 17.5. The third-order valence-corrected chi connectivity index (χ3v) is 4.44. The third kappa shape index (κ3) is 17.4. The average Bonchev–Trinajstić information content (AvgIpc) is 2.54. The summed E-state index contributed by atoms with van der Waals surface area (Å²) in [5.41, 5.74) is 0.346. The monoisotopic (exact) mass is 326 g/mol. The molecule has 0 aliphatic rings. The van der Waals surface area contributed by atoms with Gasteiger partial charge in [-0.2, -0.15) is 0 Å². The molecule has 0 saturated heterocycles. The lowest BCUT2D eigenvalue weighted by atomic mass is 10.0. The number of unbranched alkanes of at least 4 members (excludes halogenated alkanes) is 14.